The predicted molar refractivity (Wildman–Crippen MR) is 55.3 cm³/mol. The number of aliphatic hydroxyl groups excluding tert-OH is 1. The lowest BCUT2D eigenvalue weighted by Crippen LogP contribution is -2.50. The van der Waals surface area contributed by atoms with E-state index in [0.29, 0.717) is 13.1 Å². The molecule has 0 amide bonds. The largest absolute Gasteiger partial charge is 0.390 e. The number of β-amino-alcohol motifs (C(OH)–C–C–N with tert-alkyl or cyclic N) is 1. The smallest absolute Gasteiger partial charge is 0.144 e. The number of halogens is 3. The molecular weight excluding hydrogens is 268 g/mol. The van der Waals surface area contributed by atoms with Gasteiger partial charge in [-0.15, -0.1) is 0 Å². The average molecular weight is 278 g/mol. The molecule has 1 aliphatic heterocycles. The normalized spacial score (nSPS) is 17.9. The van der Waals surface area contributed by atoms with Gasteiger partial charge in [0.25, 0.3) is 0 Å². The van der Waals surface area contributed by atoms with Crippen LogP contribution in [0.25, 0.3) is 0 Å². The Bertz CT molecular complexity index is 380. The third-order valence-corrected chi connectivity index (χ3v) is 3.07. The van der Waals surface area contributed by atoms with Crippen LogP contribution in [0, 0.1) is 11.6 Å². The van der Waals surface area contributed by atoms with Crippen LogP contribution in [0.5, 0.6) is 0 Å². The summed E-state index contributed by atoms with van der Waals surface area (Å²) in [5.74, 6) is -1.10. The lowest BCUT2D eigenvalue weighted by atomic mass is 10.1. The highest BCUT2D eigenvalue weighted by Crippen LogP contribution is 2.24. The molecule has 82 valence electrons. The number of hydrogen-bond donors (Lipinski definition) is 1. The van der Waals surface area contributed by atoms with Crippen LogP contribution in [0.15, 0.2) is 16.6 Å². The van der Waals surface area contributed by atoms with Crippen LogP contribution in [0.3, 0.4) is 0 Å². The minimum atomic E-state index is -0.559. The Labute approximate surface area is 94.6 Å². The molecule has 5 heteroatoms. The molecule has 1 N–H and O–H groups in total. The lowest BCUT2D eigenvalue weighted by Gasteiger charge is -2.35. The highest BCUT2D eigenvalue weighted by molar-refractivity contribution is 9.10. The van der Waals surface area contributed by atoms with Gasteiger partial charge >= 0.3 is 0 Å². The van der Waals surface area contributed by atoms with Gasteiger partial charge in [0.05, 0.1) is 10.6 Å². The molecule has 0 aromatic heterocycles. The summed E-state index contributed by atoms with van der Waals surface area (Å²) in [6, 6.07) is 2.58. The monoisotopic (exact) mass is 277 g/mol. The first-order valence-electron chi connectivity index (χ1n) is 4.60. The van der Waals surface area contributed by atoms with Crippen molar-refractivity contribution in [2.45, 2.75) is 12.6 Å². The highest BCUT2D eigenvalue weighted by Gasteiger charge is 2.26. The van der Waals surface area contributed by atoms with Crippen LogP contribution < -0.4 is 0 Å². The van der Waals surface area contributed by atoms with Crippen molar-refractivity contribution in [1.29, 1.82) is 0 Å². The van der Waals surface area contributed by atoms with Gasteiger partial charge in [-0.3, -0.25) is 4.90 Å². The van der Waals surface area contributed by atoms with Crippen molar-refractivity contribution in [3.05, 3.63) is 33.8 Å². The van der Waals surface area contributed by atoms with Gasteiger partial charge < -0.3 is 5.11 Å². The van der Waals surface area contributed by atoms with Gasteiger partial charge in [-0.05, 0) is 28.1 Å². The molecule has 1 aliphatic rings. The molecule has 1 saturated heterocycles. The van der Waals surface area contributed by atoms with E-state index in [-0.39, 0.29) is 22.7 Å². The quantitative estimate of drug-likeness (QED) is 0.835. The zero-order chi connectivity index (χ0) is 11.0. The SMILES string of the molecule is OC1CN(Cc2c(F)ccc(Br)c2F)C1. The Morgan fingerprint density at radius 3 is 2.67 bits per heavy atom. The molecule has 1 aromatic rings. The Morgan fingerprint density at radius 2 is 2.07 bits per heavy atom. The summed E-state index contributed by atoms with van der Waals surface area (Å²) < 4.78 is 27.1. The molecule has 0 aliphatic carbocycles. The second kappa shape index (κ2) is 4.15. The molecule has 0 atom stereocenters. The maximum absolute atomic E-state index is 13.5. The molecule has 0 spiro atoms. The third kappa shape index (κ3) is 2.19. The lowest BCUT2D eigenvalue weighted by molar-refractivity contribution is -0.00404. The van der Waals surface area contributed by atoms with Gasteiger partial charge in [0.1, 0.15) is 11.6 Å². The van der Waals surface area contributed by atoms with Crippen LogP contribution >= 0.6 is 15.9 Å². The fourth-order valence-corrected chi connectivity index (χ4v) is 1.98. The number of hydrogen-bond acceptors (Lipinski definition) is 2. The van der Waals surface area contributed by atoms with Crippen molar-refractivity contribution in [2.75, 3.05) is 13.1 Å². The molecule has 0 saturated carbocycles. The van der Waals surface area contributed by atoms with Crippen molar-refractivity contribution < 1.29 is 13.9 Å². The van der Waals surface area contributed by atoms with Crippen molar-refractivity contribution in [3.63, 3.8) is 0 Å². The summed E-state index contributed by atoms with van der Waals surface area (Å²) in [6.45, 7) is 1.16. The summed E-state index contributed by atoms with van der Waals surface area (Å²) >= 11 is 3.01. The van der Waals surface area contributed by atoms with E-state index in [0.717, 1.165) is 0 Å². The molecular formula is C10H10BrF2NO. The molecule has 0 unspecified atom stereocenters. The zero-order valence-corrected chi connectivity index (χ0v) is 9.47. The number of benzene rings is 1. The van der Waals surface area contributed by atoms with E-state index in [1.165, 1.54) is 12.1 Å². The molecule has 1 heterocycles. The first-order valence-corrected chi connectivity index (χ1v) is 5.40. The average Bonchev–Trinajstić information content (AvgIpc) is 2.15. The van der Waals surface area contributed by atoms with Crippen LogP contribution in [0.2, 0.25) is 0 Å². The summed E-state index contributed by atoms with van der Waals surface area (Å²) in [7, 11) is 0. The van der Waals surface area contributed by atoms with E-state index in [2.05, 4.69) is 15.9 Å². The zero-order valence-electron chi connectivity index (χ0n) is 7.88. The number of nitrogens with zero attached hydrogens (tertiary/aromatic N) is 1. The number of rotatable bonds is 2. The minimum absolute atomic E-state index is 0.0521. The maximum atomic E-state index is 13.5. The standard InChI is InChI=1S/C10H10BrF2NO/c11-8-1-2-9(12)7(10(8)13)5-14-3-6(15)4-14/h1-2,6,15H,3-5H2. The summed E-state index contributed by atoms with van der Waals surface area (Å²) in [5.41, 5.74) is 0.0521. The van der Waals surface area contributed by atoms with Gasteiger partial charge in [-0.2, -0.15) is 0 Å². The Balaban J connectivity index is 2.16. The molecule has 2 rings (SSSR count). The Morgan fingerprint density at radius 1 is 1.40 bits per heavy atom. The van der Waals surface area contributed by atoms with Gasteiger partial charge in [0.2, 0.25) is 0 Å². The van der Waals surface area contributed by atoms with E-state index in [4.69, 9.17) is 5.11 Å². The Hall–Kier alpha value is -0.520. The van der Waals surface area contributed by atoms with Gasteiger partial charge in [-0.25, -0.2) is 8.78 Å². The third-order valence-electron chi connectivity index (χ3n) is 2.46. The van der Waals surface area contributed by atoms with Crippen LogP contribution in [0.4, 0.5) is 8.78 Å². The summed E-state index contributed by atoms with van der Waals surface area (Å²) in [4.78, 5) is 1.79. The van der Waals surface area contributed by atoms with Gasteiger partial charge in [0.15, 0.2) is 0 Å². The van der Waals surface area contributed by atoms with Crippen LogP contribution in [-0.4, -0.2) is 29.2 Å². The second-order valence-corrected chi connectivity index (χ2v) is 4.52. The van der Waals surface area contributed by atoms with Gasteiger partial charge in [-0.1, -0.05) is 0 Å². The second-order valence-electron chi connectivity index (χ2n) is 3.67. The van der Waals surface area contributed by atoms with E-state index in [1.54, 1.807) is 4.90 Å². The van der Waals surface area contributed by atoms with Crippen LogP contribution in [0.1, 0.15) is 5.56 Å². The van der Waals surface area contributed by atoms with Gasteiger partial charge in [0, 0.05) is 25.2 Å². The summed E-state index contributed by atoms with van der Waals surface area (Å²) in [5, 5.41) is 9.05. The fraction of sp³-hybridized carbons (Fsp3) is 0.400. The first-order chi connectivity index (χ1) is 7.08. The van der Waals surface area contributed by atoms with Crippen LogP contribution in [-0.2, 0) is 6.54 Å². The maximum Gasteiger partial charge on any atom is 0.144 e. The molecule has 0 radical (unpaired) electrons. The number of likely N-dealkylation sites (tertiary alicyclic amines) is 1. The van der Waals surface area contributed by atoms with E-state index in [1.807, 2.05) is 0 Å². The van der Waals surface area contributed by atoms with Crippen molar-refractivity contribution in [2.24, 2.45) is 0 Å². The minimum Gasteiger partial charge on any atom is -0.390 e. The van der Waals surface area contributed by atoms with Crippen molar-refractivity contribution in [3.8, 4) is 0 Å². The van der Waals surface area contributed by atoms with E-state index >= 15 is 0 Å². The summed E-state index contributed by atoms with van der Waals surface area (Å²) in [6.07, 6.45) is -0.358. The highest BCUT2D eigenvalue weighted by atomic mass is 79.9. The molecule has 1 aromatic carbocycles. The molecule has 0 bridgehead atoms. The topological polar surface area (TPSA) is 23.5 Å². The first kappa shape index (κ1) is 11.0. The molecule has 2 nitrogen and oxygen atoms in total. The molecule has 15 heavy (non-hydrogen) atoms. The van der Waals surface area contributed by atoms with E-state index < -0.39 is 11.6 Å². The van der Waals surface area contributed by atoms with E-state index in [9.17, 15) is 8.78 Å². The number of aliphatic hydroxyl groups is 1. The van der Waals surface area contributed by atoms with Crippen molar-refractivity contribution in [1.82, 2.24) is 4.90 Å². The fourth-order valence-electron chi connectivity index (χ4n) is 1.61. The molecule has 1 fully saturated rings. The van der Waals surface area contributed by atoms with Crippen molar-refractivity contribution >= 4 is 15.9 Å². The predicted octanol–water partition coefficient (Wildman–Crippen LogP) is 1.90. The Kier molecular flexibility index (Phi) is 3.04.